The predicted octanol–water partition coefficient (Wildman–Crippen LogP) is 2.86. The summed E-state index contributed by atoms with van der Waals surface area (Å²) in [6.07, 6.45) is 0.925. The molecule has 2 rings (SSSR count). The highest BCUT2D eigenvalue weighted by molar-refractivity contribution is 5.60. The van der Waals surface area contributed by atoms with Crippen LogP contribution in [0.3, 0.4) is 0 Å². The van der Waals surface area contributed by atoms with Crippen LogP contribution < -0.4 is 5.73 Å². The highest BCUT2D eigenvalue weighted by Crippen LogP contribution is 2.17. The number of nitrogens with zero attached hydrogens (tertiary/aromatic N) is 1. The molecule has 1 aromatic rings. The van der Waals surface area contributed by atoms with Crippen molar-refractivity contribution in [2.45, 2.75) is 58.0 Å². The summed E-state index contributed by atoms with van der Waals surface area (Å²) in [5.41, 5.74) is 6.78. The number of ether oxygens (including phenoxy) is 2. The van der Waals surface area contributed by atoms with E-state index in [0.29, 0.717) is 19.7 Å². The Balaban J connectivity index is 1.81. The van der Waals surface area contributed by atoms with Crippen LogP contribution in [-0.4, -0.2) is 42.1 Å². The molecular weight excluding hydrogens is 308 g/mol. The van der Waals surface area contributed by atoms with Gasteiger partial charge in [0, 0.05) is 12.6 Å². The van der Waals surface area contributed by atoms with Gasteiger partial charge in [0.15, 0.2) is 0 Å². The average Bonchev–Trinajstić information content (AvgIpc) is 2.65. The van der Waals surface area contributed by atoms with Crippen molar-refractivity contribution in [1.29, 1.82) is 0 Å². The van der Waals surface area contributed by atoms with E-state index >= 15 is 0 Å². The van der Waals surface area contributed by atoms with Gasteiger partial charge in [0.2, 0.25) is 0 Å². The molecule has 1 aromatic carbocycles. The molecule has 2 atom stereocenters. The van der Waals surface area contributed by atoms with Gasteiger partial charge in [-0.05, 0) is 39.2 Å². The molecule has 24 heavy (non-hydrogen) atoms. The Morgan fingerprint density at radius 2 is 2.00 bits per heavy atom. The second-order valence-electron chi connectivity index (χ2n) is 7.08. The molecule has 0 saturated carbocycles. The molecule has 0 radical (unpaired) electrons. The molecular formula is C18H28N2O4. The molecule has 1 saturated heterocycles. The highest BCUT2D eigenvalue weighted by Gasteiger charge is 2.28. The number of hydrogen-bond donors (Lipinski definition) is 1. The quantitative estimate of drug-likeness (QED) is 0.852. The largest absolute Gasteiger partial charge is 0.528 e. The van der Waals surface area contributed by atoms with Crippen LogP contribution in [0.25, 0.3) is 0 Å². The molecule has 0 aromatic heterocycles. The minimum absolute atomic E-state index is 0.0579. The Bertz CT molecular complexity index is 516. The van der Waals surface area contributed by atoms with E-state index in [2.05, 4.69) is 0 Å². The van der Waals surface area contributed by atoms with Crippen molar-refractivity contribution < 1.29 is 19.1 Å². The van der Waals surface area contributed by atoms with Crippen LogP contribution in [0.1, 0.15) is 39.2 Å². The SMILES string of the molecule is CC(C)(C)OC(=O)ON1CCC[C@@H](OCc2ccccc2)[C@H](N)C1. The minimum atomic E-state index is -0.696. The van der Waals surface area contributed by atoms with Gasteiger partial charge in [-0.25, -0.2) is 4.79 Å². The van der Waals surface area contributed by atoms with E-state index < -0.39 is 11.8 Å². The first-order chi connectivity index (χ1) is 11.3. The fourth-order valence-electron chi connectivity index (χ4n) is 2.57. The maximum absolute atomic E-state index is 11.8. The number of hydrogen-bond acceptors (Lipinski definition) is 6. The number of rotatable bonds is 4. The second kappa shape index (κ2) is 8.46. The van der Waals surface area contributed by atoms with Crippen molar-refractivity contribution in [3.05, 3.63) is 35.9 Å². The third-order valence-corrected chi connectivity index (χ3v) is 3.69. The van der Waals surface area contributed by atoms with Crippen molar-refractivity contribution in [2.24, 2.45) is 5.73 Å². The smallest absolute Gasteiger partial charge is 0.427 e. The first-order valence-electron chi connectivity index (χ1n) is 8.40. The summed E-state index contributed by atoms with van der Waals surface area (Å²) >= 11 is 0. The molecule has 0 aliphatic carbocycles. The van der Waals surface area contributed by atoms with Crippen molar-refractivity contribution in [1.82, 2.24) is 5.06 Å². The van der Waals surface area contributed by atoms with Gasteiger partial charge >= 0.3 is 6.16 Å². The number of hydroxylamine groups is 2. The lowest BCUT2D eigenvalue weighted by Gasteiger charge is -2.26. The van der Waals surface area contributed by atoms with Gasteiger partial charge in [0.05, 0.1) is 19.3 Å². The fraction of sp³-hybridized carbons (Fsp3) is 0.611. The lowest BCUT2D eigenvalue weighted by atomic mass is 10.1. The van der Waals surface area contributed by atoms with Crippen LogP contribution >= 0.6 is 0 Å². The zero-order chi connectivity index (χ0) is 17.6. The van der Waals surface area contributed by atoms with E-state index in [1.807, 2.05) is 30.3 Å². The zero-order valence-electron chi connectivity index (χ0n) is 14.7. The van der Waals surface area contributed by atoms with Gasteiger partial charge < -0.3 is 20.0 Å². The topological polar surface area (TPSA) is 74.0 Å². The first kappa shape index (κ1) is 18.7. The summed E-state index contributed by atoms with van der Waals surface area (Å²) < 4.78 is 11.1. The van der Waals surface area contributed by atoms with Crippen molar-refractivity contribution >= 4 is 6.16 Å². The maximum Gasteiger partial charge on any atom is 0.528 e. The lowest BCUT2D eigenvalue weighted by Crippen LogP contribution is -2.44. The van der Waals surface area contributed by atoms with E-state index in [9.17, 15) is 4.79 Å². The van der Waals surface area contributed by atoms with Gasteiger partial charge in [0.1, 0.15) is 5.60 Å². The molecule has 0 spiro atoms. The van der Waals surface area contributed by atoms with Crippen molar-refractivity contribution in [2.75, 3.05) is 13.1 Å². The molecule has 6 nitrogen and oxygen atoms in total. The maximum atomic E-state index is 11.8. The third kappa shape index (κ3) is 6.47. The average molecular weight is 336 g/mol. The van der Waals surface area contributed by atoms with Crippen LogP contribution in [0.5, 0.6) is 0 Å². The Morgan fingerprint density at radius 3 is 2.67 bits per heavy atom. The summed E-state index contributed by atoms with van der Waals surface area (Å²) in [6, 6.07) is 9.79. The molecule has 1 aliphatic rings. The van der Waals surface area contributed by atoms with E-state index in [1.54, 1.807) is 25.8 Å². The molecule has 1 fully saturated rings. The van der Waals surface area contributed by atoms with Crippen LogP contribution in [-0.2, 0) is 20.9 Å². The predicted molar refractivity (Wildman–Crippen MR) is 91.1 cm³/mol. The summed E-state index contributed by atoms with van der Waals surface area (Å²) in [4.78, 5) is 17.0. The van der Waals surface area contributed by atoms with Gasteiger partial charge in [0.25, 0.3) is 0 Å². The third-order valence-electron chi connectivity index (χ3n) is 3.69. The lowest BCUT2D eigenvalue weighted by molar-refractivity contribution is -0.144. The summed E-state index contributed by atoms with van der Waals surface area (Å²) in [6.45, 7) is 6.99. The Morgan fingerprint density at radius 1 is 1.29 bits per heavy atom. The van der Waals surface area contributed by atoms with Gasteiger partial charge in [-0.15, -0.1) is 5.06 Å². The van der Waals surface area contributed by atoms with Crippen LogP contribution in [0.4, 0.5) is 4.79 Å². The minimum Gasteiger partial charge on any atom is -0.427 e. The number of benzene rings is 1. The standard InChI is InChI=1S/C18H28N2O4/c1-18(2,3)23-17(21)24-20-11-7-10-16(15(19)12-20)22-13-14-8-5-4-6-9-14/h4-6,8-9,15-16H,7,10-13,19H2,1-3H3/t15-,16-/m1/s1. The molecule has 0 amide bonds. The molecule has 0 unspecified atom stereocenters. The van der Waals surface area contributed by atoms with Crippen molar-refractivity contribution in [3.63, 3.8) is 0 Å². The Kier molecular flexibility index (Phi) is 6.60. The van der Waals surface area contributed by atoms with Crippen LogP contribution in [0, 0.1) is 0 Å². The Labute approximate surface area is 143 Å². The molecule has 134 valence electrons. The molecule has 0 bridgehead atoms. The molecule has 6 heteroatoms. The highest BCUT2D eigenvalue weighted by atomic mass is 16.8. The Hall–Kier alpha value is -1.63. The second-order valence-corrected chi connectivity index (χ2v) is 7.08. The molecule has 1 heterocycles. The normalized spacial score (nSPS) is 22.7. The van der Waals surface area contributed by atoms with Crippen LogP contribution in [0.2, 0.25) is 0 Å². The van der Waals surface area contributed by atoms with Gasteiger partial charge in [-0.1, -0.05) is 30.3 Å². The zero-order valence-corrected chi connectivity index (χ0v) is 14.7. The summed E-state index contributed by atoms with van der Waals surface area (Å²) in [5.74, 6) is 0. The van der Waals surface area contributed by atoms with Gasteiger partial charge in [-0.3, -0.25) is 0 Å². The van der Waals surface area contributed by atoms with E-state index in [0.717, 1.165) is 18.4 Å². The fourth-order valence-corrected chi connectivity index (χ4v) is 2.57. The number of nitrogens with two attached hydrogens (primary N) is 1. The van der Waals surface area contributed by atoms with E-state index in [1.165, 1.54) is 0 Å². The van der Waals surface area contributed by atoms with E-state index in [4.69, 9.17) is 20.0 Å². The first-order valence-corrected chi connectivity index (χ1v) is 8.40. The number of carbonyl (C=O) groups excluding carboxylic acids is 1. The molecule has 1 aliphatic heterocycles. The monoisotopic (exact) mass is 336 g/mol. The summed E-state index contributed by atoms with van der Waals surface area (Å²) in [7, 11) is 0. The van der Waals surface area contributed by atoms with Gasteiger partial charge in [-0.2, -0.15) is 0 Å². The van der Waals surface area contributed by atoms with E-state index in [-0.39, 0.29) is 12.1 Å². The number of carbonyl (C=O) groups is 1. The molecule has 2 N–H and O–H groups in total. The van der Waals surface area contributed by atoms with Crippen molar-refractivity contribution in [3.8, 4) is 0 Å². The summed E-state index contributed by atoms with van der Waals surface area (Å²) in [5, 5.41) is 1.57. The van der Waals surface area contributed by atoms with Crippen LogP contribution in [0.15, 0.2) is 30.3 Å².